The monoisotopic (exact) mass is 179 g/mol. The molecule has 0 saturated heterocycles. The van der Waals surface area contributed by atoms with Crippen molar-refractivity contribution >= 4 is 0 Å². The Balaban J connectivity index is 2.92. The van der Waals surface area contributed by atoms with Crippen molar-refractivity contribution in [1.82, 2.24) is 0 Å². The van der Waals surface area contributed by atoms with Crippen LogP contribution in [-0.4, -0.2) is 6.61 Å². The molecule has 0 saturated carbocycles. The summed E-state index contributed by atoms with van der Waals surface area (Å²) in [5.74, 6) is 0.921. The highest BCUT2D eigenvalue weighted by Gasteiger charge is 2.03. The number of benzene rings is 1. The second-order valence-corrected chi connectivity index (χ2v) is 3.24. The molecule has 1 aromatic rings. The van der Waals surface area contributed by atoms with E-state index in [9.17, 15) is 0 Å². The van der Waals surface area contributed by atoms with E-state index in [1.807, 2.05) is 32.0 Å². The molecule has 1 atom stereocenters. The van der Waals surface area contributed by atoms with E-state index in [0.29, 0.717) is 6.61 Å². The van der Waals surface area contributed by atoms with Crippen LogP contribution in [0.15, 0.2) is 18.2 Å². The molecular formula is C11H17NO. The molecule has 0 aliphatic heterocycles. The number of hydrogen-bond acceptors (Lipinski definition) is 2. The second kappa shape index (κ2) is 4.28. The Morgan fingerprint density at radius 1 is 1.46 bits per heavy atom. The smallest absolute Gasteiger partial charge is 0.119 e. The lowest BCUT2D eigenvalue weighted by molar-refractivity contribution is 0.340. The first-order chi connectivity index (χ1) is 6.15. The third kappa shape index (κ3) is 2.46. The van der Waals surface area contributed by atoms with Gasteiger partial charge in [0.25, 0.3) is 0 Å². The molecule has 2 heteroatoms. The molecule has 1 aromatic carbocycles. The summed E-state index contributed by atoms with van der Waals surface area (Å²) in [7, 11) is 0. The molecule has 2 N–H and O–H groups in total. The standard InChI is InChI=1S/C11H17NO/c1-4-13-10-5-6-11(9(3)12)8(2)7-10/h5-7,9H,4,12H2,1-3H3/t9-/m1/s1. The van der Waals surface area contributed by atoms with Gasteiger partial charge in [-0.05, 0) is 44.0 Å². The molecule has 0 spiro atoms. The van der Waals surface area contributed by atoms with Gasteiger partial charge in [0.05, 0.1) is 6.61 Å². The molecule has 72 valence electrons. The molecule has 0 aliphatic rings. The number of nitrogens with two attached hydrogens (primary N) is 1. The van der Waals surface area contributed by atoms with Gasteiger partial charge in [0.1, 0.15) is 5.75 Å². The Morgan fingerprint density at radius 3 is 2.62 bits per heavy atom. The van der Waals surface area contributed by atoms with Crippen molar-refractivity contribution in [3.05, 3.63) is 29.3 Å². The quantitative estimate of drug-likeness (QED) is 0.773. The van der Waals surface area contributed by atoms with Gasteiger partial charge in [-0.15, -0.1) is 0 Å². The normalized spacial score (nSPS) is 12.6. The fourth-order valence-corrected chi connectivity index (χ4v) is 1.42. The van der Waals surface area contributed by atoms with Crippen LogP contribution in [0.3, 0.4) is 0 Å². The lowest BCUT2D eigenvalue weighted by Crippen LogP contribution is -2.06. The van der Waals surface area contributed by atoms with Gasteiger partial charge in [0, 0.05) is 6.04 Å². The van der Waals surface area contributed by atoms with Crippen molar-refractivity contribution in [3.63, 3.8) is 0 Å². The maximum Gasteiger partial charge on any atom is 0.119 e. The largest absolute Gasteiger partial charge is 0.494 e. The minimum Gasteiger partial charge on any atom is -0.494 e. The number of aryl methyl sites for hydroxylation is 1. The summed E-state index contributed by atoms with van der Waals surface area (Å²) < 4.78 is 5.38. The summed E-state index contributed by atoms with van der Waals surface area (Å²) in [6.07, 6.45) is 0. The average molecular weight is 179 g/mol. The van der Waals surface area contributed by atoms with E-state index in [1.54, 1.807) is 0 Å². The van der Waals surface area contributed by atoms with Crippen LogP contribution in [0.2, 0.25) is 0 Å². The highest BCUT2D eigenvalue weighted by atomic mass is 16.5. The Labute approximate surface area is 79.7 Å². The molecule has 0 bridgehead atoms. The number of ether oxygens (including phenoxy) is 1. The van der Waals surface area contributed by atoms with Gasteiger partial charge in [0.15, 0.2) is 0 Å². The van der Waals surface area contributed by atoms with E-state index in [0.717, 1.165) is 5.75 Å². The third-order valence-electron chi connectivity index (χ3n) is 2.04. The summed E-state index contributed by atoms with van der Waals surface area (Å²) in [6, 6.07) is 6.12. The van der Waals surface area contributed by atoms with Crippen LogP contribution in [0.4, 0.5) is 0 Å². The van der Waals surface area contributed by atoms with Crippen LogP contribution in [-0.2, 0) is 0 Å². The van der Waals surface area contributed by atoms with Crippen molar-refractivity contribution < 1.29 is 4.74 Å². The fourth-order valence-electron chi connectivity index (χ4n) is 1.42. The van der Waals surface area contributed by atoms with Crippen LogP contribution in [0, 0.1) is 6.92 Å². The SMILES string of the molecule is CCOc1ccc([C@@H](C)N)c(C)c1. The predicted octanol–water partition coefficient (Wildman–Crippen LogP) is 2.41. The van der Waals surface area contributed by atoms with E-state index in [2.05, 4.69) is 6.92 Å². The van der Waals surface area contributed by atoms with Gasteiger partial charge in [-0.2, -0.15) is 0 Å². The first-order valence-corrected chi connectivity index (χ1v) is 4.64. The molecule has 2 nitrogen and oxygen atoms in total. The summed E-state index contributed by atoms with van der Waals surface area (Å²) in [5.41, 5.74) is 8.18. The molecule has 0 amide bonds. The summed E-state index contributed by atoms with van der Waals surface area (Å²) in [4.78, 5) is 0. The zero-order valence-electron chi connectivity index (χ0n) is 8.50. The Morgan fingerprint density at radius 2 is 2.15 bits per heavy atom. The summed E-state index contributed by atoms with van der Waals surface area (Å²) in [6.45, 7) is 6.73. The molecule has 0 heterocycles. The van der Waals surface area contributed by atoms with Crippen molar-refractivity contribution in [2.75, 3.05) is 6.61 Å². The van der Waals surface area contributed by atoms with Gasteiger partial charge in [-0.1, -0.05) is 6.07 Å². The second-order valence-electron chi connectivity index (χ2n) is 3.24. The van der Waals surface area contributed by atoms with Crippen LogP contribution in [0.1, 0.15) is 31.0 Å². The zero-order valence-corrected chi connectivity index (χ0v) is 8.50. The summed E-state index contributed by atoms with van der Waals surface area (Å²) in [5, 5.41) is 0. The predicted molar refractivity (Wildman–Crippen MR) is 55.0 cm³/mol. The molecular weight excluding hydrogens is 162 g/mol. The number of hydrogen-bond donors (Lipinski definition) is 1. The molecule has 0 aromatic heterocycles. The van der Waals surface area contributed by atoms with Gasteiger partial charge in [-0.25, -0.2) is 0 Å². The van der Waals surface area contributed by atoms with E-state index in [-0.39, 0.29) is 6.04 Å². The van der Waals surface area contributed by atoms with Crippen LogP contribution >= 0.6 is 0 Å². The van der Waals surface area contributed by atoms with Gasteiger partial charge in [-0.3, -0.25) is 0 Å². The summed E-state index contributed by atoms with van der Waals surface area (Å²) >= 11 is 0. The average Bonchev–Trinajstić information content (AvgIpc) is 2.04. The van der Waals surface area contributed by atoms with E-state index < -0.39 is 0 Å². The molecule has 13 heavy (non-hydrogen) atoms. The first-order valence-electron chi connectivity index (χ1n) is 4.64. The Kier molecular flexibility index (Phi) is 3.32. The minimum absolute atomic E-state index is 0.0932. The van der Waals surface area contributed by atoms with E-state index in [1.165, 1.54) is 11.1 Å². The van der Waals surface area contributed by atoms with Crippen LogP contribution in [0.25, 0.3) is 0 Å². The number of rotatable bonds is 3. The van der Waals surface area contributed by atoms with E-state index in [4.69, 9.17) is 10.5 Å². The van der Waals surface area contributed by atoms with Crippen molar-refractivity contribution in [1.29, 1.82) is 0 Å². The maximum absolute atomic E-state index is 5.80. The fraction of sp³-hybridized carbons (Fsp3) is 0.455. The highest BCUT2D eigenvalue weighted by molar-refractivity contribution is 5.36. The maximum atomic E-state index is 5.80. The van der Waals surface area contributed by atoms with Crippen molar-refractivity contribution in [2.24, 2.45) is 5.73 Å². The first kappa shape index (κ1) is 10.1. The highest BCUT2D eigenvalue weighted by Crippen LogP contribution is 2.20. The topological polar surface area (TPSA) is 35.2 Å². The zero-order chi connectivity index (χ0) is 9.84. The van der Waals surface area contributed by atoms with E-state index >= 15 is 0 Å². The molecule has 0 aliphatic carbocycles. The van der Waals surface area contributed by atoms with Crippen LogP contribution in [0.5, 0.6) is 5.75 Å². The van der Waals surface area contributed by atoms with Crippen LogP contribution < -0.4 is 10.5 Å². The lowest BCUT2D eigenvalue weighted by Gasteiger charge is -2.11. The van der Waals surface area contributed by atoms with Crippen molar-refractivity contribution in [3.8, 4) is 5.75 Å². The third-order valence-corrected chi connectivity index (χ3v) is 2.04. The van der Waals surface area contributed by atoms with Gasteiger partial charge >= 0.3 is 0 Å². The molecule has 0 unspecified atom stereocenters. The molecule has 0 fully saturated rings. The molecule has 1 rings (SSSR count). The Bertz CT molecular complexity index is 281. The lowest BCUT2D eigenvalue weighted by atomic mass is 10.0. The Hall–Kier alpha value is -1.02. The van der Waals surface area contributed by atoms with Gasteiger partial charge in [0.2, 0.25) is 0 Å². The molecule has 0 radical (unpaired) electrons. The van der Waals surface area contributed by atoms with Gasteiger partial charge < -0.3 is 10.5 Å². The minimum atomic E-state index is 0.0932. The van der Waals surface area contributed by atoms with Crippen molar-refractivity contribution in [2.45, 2.75) is 26.8 Å².